The van der Waals surface area contributed by atoms with Crippen LogP contribution in [0.5, 0.6) is 0 Å². The molecular formula is C13H19NOS. The van der Waals surface area contributed by atoms with Crippen molar-refractivity contribution in [3.05, 3.63) is 31.6 Å². The topological polar surface area (TPSA) is 27.4 Å². The molecule has 0 spiro atoms. The Hall–Kier alpha value is -1.01. The van der Waals surface area contributed by atoms with Crippen molar-refractivity contribution in [3.63, 3.8) is 0 Å². The van der Waals surface area contributed by atoms with E-state index in [1.54, 1.807) is 11.3 Å². The van der Waals surface area contributed by atoms with Crippen LogP contribution < -0.4 is 0 Å². The maximum Gasteiger partial charge on any atom is 0.347 e. The summed E-state index contributed by atoms with van der Waals surface area (Å²) in [5.41, 5.74) is 1.28. The summed E-state index contributed by atoms with van der Waals surface area (Å²) in [6.07, 6.45) is 0. The zero-order valence-electron chi connectivity index (χ0n) is 10.8. The molecule has 0 aliphatic rings. The predicted molar refractivity (Wildman–Crippen MR) is 71.4 cm³/mol. The van der Waals surface area contributed by atoms with Crippen molar-refractivity contribution >= 4 is 11.3 Å². The van der Waals surface area contributed by atoms with Gasteiger partial charge < -0.3 is 5.21 Å². The van der Waals surface area contributed by atoms with Crippen LogP contribution in [0.3, 0.4) is 0 Å². The van der Waals surface area contributed by atoms with Gasteiger partial charge in [0.15, 0.2) is 4.88 Å². The molecule has 0 aliphatic carbocycles. The molecule has 16 heavy (non-hydrogen) atoms. The lowest BCUT2D eigenvalue weighted by molar-refractivity contribution is 0.580. The van der Waals surface area contributed by atoms with Crippen LogP contribution >= 0.6 is 11.3 Å². The van der Waals surface area contributed by atoms with E-state index in [-0.39, 0.29) is 10.8 Å². The van der Waals surface area contributed by atoms with Gasteiger partial charge in [0.1, 0.15) is 0 Å². The van der Waals surface area contributed by atoms with E-state index in [0.717, 1.165) is 10.4 Å². The van der Waals surface area contributed by atoms with Crippen molar-refractivity contribution in [3.8, 4) is 6.07 Å². The predicted octanol–water partition coefficient (Wildman–Crippen LogP) is 4.52. The van der Waals surface area contributed by atoms with Crippen LogP contribution in [0, 0.1) is 11.3 Å². The fourth-order valence-corrected chi connectivity index (χ4v) is 2.70. The molecule has 0 atom stereocenters. The molecule has 0 radical (unpaired) electrons. The van der Waals surface area contributed by atoms with Gasteiger partial charge in [-0.15, -0.1) is 11.3 Å². The second-order valence-electron chi connectivity index (χ2n) is 6.06. The van der Waals surface area contributed by atoms with Crippen LogP contribution in [-0.4, -0.2) is 0 Å². The lowest BCUT2D eigenvalue weighted by Crippen LogP contribution is -2.12. The van der Waals surface area contributed by atoms with Crippen molar-refractivity contribution in [2.24, 2.45) is 0 Å². The van der Waals surface area contributed by atoms with Crippen molar-refractivity contribution in [1.82, 2.24) is 0 Å². The Morgan fingerprint density at radius 3 is 2.06 bits per heavy atom. The first-order valence-electron chi connectivity index (χ1n) is 5.39. The first-order valence-corrected chi connectivity index (χ1v) is 6.21. The minimum atomic E-state index is 0.0209. The van der Waals surface area contributed by atoms with Crippen LogP contribution in [-0.2, 0) is 10.8 Å². The van der Waals surface area contributed by atoms with E-state index in [1.807, 2.05) is 0 Å². The van der Waals surface area contributed by atoms with Crippen LogP contribution in [0.1, 0.15) is 56.9 Å². The molecule has 0 saturated heterocycles. The average Bonchev–Trinajstić information content (AvgIpc) is 2.46. The SMILES string of the molecule is CC(C)(C)c1cc(C(C)(C)C)c(C#[N+][O-])s1. The second-order valence-corrected chi connectivity index (χ2v) is 7.11. The molecule has 0 N–H and O–H groups in total. The standard InChI is InChI=1S/C13H19NOS/c1-12(2,3)9-7-11(13(4,5)6)16-10(9)8-14-15/h7H,1-6H3. The van der Waals surface area contributed by atoms with Crippen LogP contribution in [0.4, 0.5) is 0 Å². The van der Waals surface area contributed by atoms with Crippen LogP contribution in [0.15, 0.2) is 6.07 Å². The molecule has 0 aliphatic heterocycles. The smallest absolute Gasteiger partial charge is 0.347 e. The normalized spacial score (nSPS) is 12.1. The number of rotatable bonds is 0. The summed E-state index contributed by atoms with van der Waals surface area (Å²) in [4.78, 5) is 2.14. The molecule has 3 heteroatoms. The van der Waals surface area contributed by atoms with E-state index in [0.29, 0.717) is 0 Å². The maximum absolute atomic E-state index is 10.4. The maximum atomic E-state index is 10.4. The molecule has 0 unspecified atom stereocenters. The lowest BCUT2D eigenvalue weighted by Gasteiger charge is -2.18. The van der Waals surface area contributed by atoms with Gasteiger partial charge in [-0.1, -0.05) is 41.5 Å². The average molecular weight is 237 g/mol. The molecule has 2 nitrogen and oxygen atoms in total. The lowest BCUT2D eigenvalue weighted by atomic mass is 9.85. The summed E-state index contributed by atoms with van der Waals surface area (Å²) in [5.74, 6) is 0. The van der Waals surface area contributed by atoms with E-state index in [1.165, 1.54) is 4.88 Å². The minimum absolute atomic E-state index is 0.0209. The van der Waals surface area contributed by atoms with Gasteiger partial charge in [0, 0.05) is 9.89 Å². The monoisotopic (exact) mass is 237 g/mol. The summed E-state index contributed by atoms with van der Waals surface area (Å²) in [5, 5.41) is 13.1. The van der Waals surface area contributed by atoms with E-state index in [9.17, 15) is 5.21 Å². The van der Waals surface area contributed by atoms with Gasteiger partial charge in [0.05, 0.1) is 0 Å². The summed E-state index contributed by atoms with van der Waals surface area (Å²) in [7, 11) is 0. The quantitative estimate of drug-likeness (QED) is 0.609. The molecule has 0 aromatic carbocycles. The van der Waals surface area contributed by atoms with Gasteiger partial charge in [-0.2, -0.15) is 0 Å². The Bertz CT molecular complexity index is 435. The fraction of sp³-hybridized carbons (Fsp3) is 0.615. The van der Waals surface area contributed by atoms with Gasteiger partial charge >= 0.3 is 6.07 Å². The third kappa shape index (κ3) is 2.76. The highest BCUT2D eigenvalue weighted by Gasteiger charge is 2.26. The van der Waals surface area contributed by atoms with Crippen LogP contribution in [0.25, 0.3) is 5.01 Å². The number of nitrogens with zero attached hydrogens (tertiary/aromatic N) is 1. The molecule has 0 saturated carbocycles. The van der Waals surface area contributed by atoms with E-state index in [2.05, 4.69) is 58.7 Å². The van der Waals surface area contributed by atoms with Gasteiger partial charge in [0.25, 0.3) is 0 Å². The summed E-state index contributed by atoms with van der Waals surface area (Å²) in [6.45, 7) is 12.9. The van der Waals surface area contributed by atoms with Crippen molar-refractivity contribution < 1.29 is 0 Å². The third-order valence-electron chi connectivity index (χ3n) is 2.43. The van der Waals surface area contributed by atoms with E-state index in [4.69, 9.17) is 0 Å². The molecule has 0 amide bonds. The van der Waals surface area contributed by atoms with E-state index >= 15 is 0 Å². The number of hydrogen-bond acceptors (Lipinski definition) is 2. The number of hydrogen-bond donors (Lipinski definition) is 0. The molecule has 1 aromatic rings. The fourth-order valence-electron chi connectivity index (χ4n) is 1.44. The largest absolute Gasteiger partial charge is 0.498 e. The van der Waals surface area contributed by atoms with Crippen molar-refractivity contribution in [2.45, 2.75) is 52.4 Å². The highest BCUT2D eigenvalue weighted by molar-refractivity contribution is 7.12. The Kier molecular flexibility index (Phi) is 3.35. The Morgan fingerprint density at radius 1 is 1.12 bits per heavy atom. The summed E-state index contributed by atoms with van der Waals surface area (Å²) in [6, 6.07) is 4.74. The molecule has 88 valence electrons. The minimum Gasteiger partial charge on any atom is -0.498 e. The van der Waals surface area contributed by atoms with Gasteiger partial charge in [0.2, 0.25) is 0 Å². The molecule has 1 rings (SSSR count). The Morgan fingerprint density at radius 2 is 1.69 bits per heavy atom. The second kappa shape index (κ2) is 4.10. The highest BCUT2D eigenvalue weighted by Crippen LogP contribution is 2.37. The number of thiophene rings is 1. The zero-order valence-corrected chi connectivity index (χ0v) is 11.7. The van der Waals surface area contributed by atoms with E-state index < -0.39 is 0 Å². The highest BCUT2D eigenvalue weighted by atomic mass is 32.1. The molecule has 0 fully saturated rings. The first-order chi connectivity index (χ1) is 7.16. The third-order valence-corrected chi connectivity index (χ3v) is 3.89. The molecule has 1 heterocycles. The van der Waals surface area contributed by atoms with Gasteiger partial charge in [-0.25, -0.2) is 0 Å². The Labute approximate surface area is 102 Å². The van der Waals surface area contributed by atoms with Gasteiger partial charge in [-0.05, 0) is 22.5 Å². The van der Waals surface area contributed by atoms with Crippen molar-refractivity contribution in [1.29, 1.82) is 0 Å². The Balaban J connectivity index is 3.36. The molecule has 0 bridgehead atoms. The van der Waals surface area contributed by atoms with Crippen molar-refractivity contribution in [2.75, 3.05) is 0 Å². The summed E-state index contributed by atoms with van der Waals surface area (Å²) >= 11 is 1.61. The van der Waals surface area contributed by atoms with Crippen LogP contribution in [0.2, 0.25) is 0 Å². The molecular weight excluding hydrogens is 218 g/mol. The molecule has 1 aromatic heterocycles. The zero-order chi connectivity index (χ0) is 12.6. The summed E-state index contributed by atoms with van der Waals surface area (Å²) < 4.78 is 0. The first kappa shape index (κ1) is 13.1. The van der Waals surface area contributed by atoms with Gasteiger partial charge in [-0.3, -0.25) is 0 Å².